The fraction of sp³-hybridized carbons (Fsp3) is 1.00. The van der Waals surface area contributed by atoms with Gasteiger partial charge in [0.1, 0.15) is 24.4 Å². The van der Waals surface area contributed by atoms with Crippen molar-refractivity contribution < 1.29 is 40.1 Å². The third-order valence-electron chi connectivity index (χ3n) is 7.89. The zero-order valence-corrected chi connectivity index (χ0v) is 17.9. The molecule has 0 aromatic carbocycles. The van der Waals surface area contributed by atoms with Gasteiger partial charge in [0.25, 0.3) is 0 Å². The van der Waals surface area contributed by atoms with Crippen LogP contribution in [-0.4, -0.2) is 85.3 Å². The Balaban J connectivity index is 1.80. The van der Waals surface area contributed by atoms with E-state index >= 15 is 0 Å². The summed E-state index contributed by atoms with van der Waals surface area (Å²) in [5, 5.41) is 61.5. The average molecular weight is 419 g/mol. The SMILES string of the molecule is CC(C)(O)[C@H]1CC[C@]2(C)[C@@H](O[C@@H]3O[C@H](CO)[C@@H](O)[C@H](O)[C@H]3O)CC[C@](C)(O)[C@H]2C1. The van der Waals surface area contributed by atoms with Gasteiger partial charge in [-0.2, -0.15) is 0 Å². The zero-order chi connectivity index (χ0) is 21.8. The largest absolute Gasteiger partial charge is 0.394 e. The topological polar surface area (TPSA) is 140 Å². The Kier molecular flexibility index (Phi) is 6.43. The van der Waals surface area contributed by atoms with Crippen molar-refractivity contribution in [2.45, 2.75) is 108 Å². The van der Waals surface area contributed by atoms with Gasteiger partial charge in [0.15, 0.2) is 6.29 Å². The summed E-state index contributed by atoms with van der Waals surface area (Å²) in [6, 6.07) is 0. The maximum atomic E-state index is 11.1. The molecule has 3 fully saturated rings. The first-order chi connectivity index (χ1) is 13.3. The van der Waals surface area contributed by atoms with Gasteiger partial charge in [-0.05, 0) is 70.1 Å². The fourth-order valence-corrected chi connectivity index (χ4v) is 5.81. The van der Waals surface area contributed by atoms with Gasteiger partial charge < -0.3 is 40.1 Å². The number of rotatable bonds is 4. The molecule has 1 aliphatic heterocycles. The van der Waals surface area contributed by atoms with Crippen LogP contribution in [0.4, 0.5) is 0 Å². The molecule has 6 N–H and O–H groups in total. The first-order valence-corrected chi connectivity index (χ1v) is 10.7. The van der Waals surface area contributed by atoms with Crippen LogP contribution in [0.5, 0.6) is 0 Å². The Morgan fingerprint density at radius 1 is 1.03 bits per heavy atom. The van der Waals surface area contributed by atoms with E-state index in [9.17, 15) is 30.6 Å². The molecular formula is C21H38O8. The number of fused-ring (bicyclic) bond motifs is 1. The lowest BCUT2D eigenvalue weighted by molar-refractivity contribution is -0.331. The second-order valence-corrected chi connectivity index (χ2v) is 10.4. The van der Waals surface area contributed by atoms with Crippen LogP contribution in [0.2, 0.25) is 0 Å². The fourth-order valence-electron chi connectivity index (χ4n) is 5.81. The molecule has 3 aliphatic rings. The highest BCUT2D eigenvalue weighted by Gasteiger charge is 2.58. The van der Waals surface area contributed by atoms with Gasteiger partial charge in [-0.3, -0.25) is 0 Å². The highest BCUT2D eigenvalue weighted by atomic mass is 16.7. The van der Waals surface area contributed by atoms with Crippen molar-refractivity contribution in [1.29, 1.82) is 0 Å². The van der Waals surface area contributed by atoms with Crippen molar-refractivity contribution in [2.75, 3.05) is 6.61 Å². The third-order valence-corrected chi connectivity index (χ3v) is 7.89. The average Bonchev–Trinajstić information content (AvgIpc) is 2.63. The van der Waals surface area contributed by atoms with Crippen LogP contribution in [-0.2, 0) is 9.47 Å². The predicted octanol–water partition coefficient (Wildman–Crippen LogP) is -0.0902. The van der Waals surface area contributed by atoms with E-state index in [0.29, 0.717) is 19.3 Å². The van der Waals surface area contributed by atoms with Gasteiger partial charge in [-0.15, -0.1) is 0 Å². The van der Waals surface area contributed by atoms with E-state index in [2.05, 4.69) is 6.92 Å². The van der Waals surface area contributed by atoms with Crippen molar-refractivity contribution in [3.05, 3.63) is 0 Å². The number of aliphatic hydroxyl groups is 6. The van der Waals surface area contributed by atoms with Crippen molar-refractivity contribution in [3.63, 3.8) is 0 Å². The summed E-state index contributed by atoms with van der Waals surface area (Å²) in [6.07, 6.45) is -3.60. The minimum atomic E-state index is -1.48. The standard InChI is InChI=1S/C21H38O8/c1-19(2,26)11-5-7-20(3)13(9-11)21(4,27)8-6-14(20)29-18-17(25)16(24)15(23)12(10-22)28-18/h11-18,22-27H,5-10H2,1-4H3/t11-,12+,13-,14-,15+,16-,17+,18-,20-,21-/m0/s1. The van der Waals surface area contributed by atoms with E-state index in [4.69, 9.17) is 9.47 Å². The van der Waals surface area contributed by atoms with Crippen LogP contribution in [0.25, 0.3) is 0 Å². The summed E-state index contributed by atoms with van der Waals surface area (Å²) in [4.78, 5) is 0. The Labute approximate surface area is 172 Å². The second kappa shape index (κ2) is 7.98. The maximum absolute atomic E-state index is 11.1. The minimum Gasteiger partial charge on any atom is -0.394 e. The number of hydrogen-bond donors (Lipinski definition) is 6. The molecule has 8 nitrogen and oxygen atoms in total. The van der Waals surface area contributed by atoms with Crippen LogP contribution >= 0.6 is 0 Å². The number of ether oxygens (including phenoxy) is 2. The van der Waals surface area contributed by atoms with Crippen molar-refractivity contribution in [2.24, 2.45) is 17.3 Å². The van der Waals surface area contributed by atoms with Crippen molar-refractivity contribution in [1.82, 2.24) is 0 Å². The van der Waals surface area contributed by atoms with Gasteiger partial charge >= 0.3 is 0 Å². The molecular weight excluding hydrogens is 380 g/mol. The van der Waals surface area contributed by atoms with E-state index < -0.39 is 53.9 Å². The van der Waals surface area contributed by atoms with E-state index in [0.717, 1.165) is 12.8 Å². The third kappa shape index (κ3) is 4.23. The predicted molar refractivity (Wildman–Crippen MR) is 104 cm³/mol. The molecule has 2 aliphatic carbocycles. The summed E-state index contributed by atoms with van der Waals surface area (Å²) in [7, 11) is 0. The molecule has 0 bridgehead atoms. The maximum Gasteiger partial charge on any atom is 0.186 e. The highest BCUT2D eigenvalue weighted by molar-refractivity contribution is 5.07. The van der Waals surface area contributed by atoms with Crippen LogP contribution in [0, 0.1) is 17.3 Å². The lowest BCUT2D eigenvalue weighted by Gasteiger charge is -2.59. The molecule has 10 atom stereocenters. The summed E-state index contributed by atoms with van der Waals surface area (Å²) < 4.78 is 11.7. The van der Waals surface area contributed by atoms with Crippen LogP contribution < -0.4 is 0 Å². The summed E-state index contributed by atoms with van der Waals surface area (Å²) in [5.41, 5.74) is -2.13. The molecule has 0 spiro atoms. The molecule has 0 unspecified atom stereocenters. The molecule has 1 heterocycles. The molecule has 0 amide bonds. The lowest BCUT2D eigenvalue weighted by atomic mass is 9.51. The molecule has 1 saturated heterocycles. The first-order valence-electron chi connectivity index (χ1n) is 10.7. The molecule has 2 saturated carbocycles. The zero-order valence-electron chi connectivity index (χ0n) is 17.9. The Bertz CT molecular complexity index is 574. The van der Waals surface area contributed by atoms with E-state index in [1.54, 1.807) is 13.8 Å². The molecule has 170 valence electrons. The highest BCUT2D eigenvalue weighted by Crippen LogP contribution is 2.57. The minimum absolute atomic E-state index is 0.0676. The van der Waals surface area contributed by atoms with Gasteiger partial charge in [0.05, 0.1) is 23.9 Å². The Hall–Kier alpha value is -0.320. The van der Waals surface area contributed by atoms with Crippen molar-refractivity contribution >= 4 is 0 Å². The van der Waals surface area contributed by atoms with Gasteiger partial charge in [0, 0.05) is 0 Å². The molecule has 0 aromatic rings. The Morgan fingerprint density at radius 2 is 1.69 bits per heavy atom. The van der Waals surface area contributed by atoms with Gasteiger partial charge in [-0.1, -0.05) is 6.92 Å². The van der Waals surface area contributed by atoms with E-state index in [-0.39, 0.29) is 17.9 Å². The second-order valence-electron chi connectivity index (χ2n) is 10.4. The molecule has 0 aromatic heterocycles. The van der Waals surface area contributed by atoms with E-state index in [1.807, 2.05) is 6.92 Å². The summed E-state index contributed by atoms with van der Waals surface area (Å²) in [5.74, 6) is -0.0399. The molecule has 0 radical (unpaired) electrons. The van der Waals surface area contributed by atoms with Gasteiger partial charge in [0.2, 0.25) is 0 Å². The first kappa shape index (κ1) is 23.3. The van der Waals surface area contributed by atoms with Crippen molar-refractivity contribution in [3.8, 4) is 0 Å². The quantitative estimate of drug-likeness (QED) is 0.372. The summed E-state index contributed by atoms with van der Waals surface area (Å²) >= 11 is 0. The molecule has 8 heteroatoms. The van der Waals surface area contributed by atoms with Crippen LogP contribution in [0.15, 0.2) is 0 Å². The molecule has 29 heavy (non-hydrogen) atoms. The normalized spacial score (nSPS) is 51.5. The van der Waals surface area contributed by atoms with Gasteiger partial charge in [-0.25, -0.2) is 0 Å². The Morgan fingerprint density at radius 3 is 2.28 bits per heavy atom. The number of hydrogen-bond acceptors (Lipinski definition) is 8. The summed E-state index contributed by atoms with van der Waals surface area (Å²) in [6.45, 7) is 7.02. The molecule has 3 rings (SSSR count). The smallest absolute Gasteiger partial charge is 0.186 e. The van der Waals surface area contributed by atoms with E-state index in [1.165, 1.54) is 0 Å². The van der Waals surface area contributed by atoms with Crippen LogP contribution in [0.1, 0.15) is 59.8 Å². The monoisotopic (exact) mass is 418 g/mol. The lowest BCUT2D eigenvalue weighted by Crippen LogP contribution is -2.63. The number of aliphatic hydroxyl groups excluding tert-OH is 4. The van der Waals surface area contributed by atoms with Crippen LogP contribution in [0.3, 0.4) is 0 Å².